The average molecular weight is 428 g/mol. The highest BCUT2D eigenvalue weighted by Gasteiger charge is 2.33. The van der Waals surface area contributed by atoms with Crippen LogP contribution in [0.2, 0.25) is 0 Å². The van der Waals surface area contributed by atoms with Crippen molar-refractivity contribution in [3.8, 4) is 0 Å². The van der Waals surface area contributed by atoms with Crippen molar-refractivity contribution in [2.45, 2.75) is 30.6 Å². The number of amides is 1. The Balaban J connectivity index is 1.26. The third-order valence-electron chi connectivity index (χ3n) is 6.02. The summed E-state index contributed by atoms with van der Waals surface area (Å²) in [4.78, 5) is 15.3. The fourth-order valence-electron chi connectivity index (χ4n) is 4.38. The summed E-state index contributed by atoms with van der Waals surface area (Å²) < 4.78 is 27.2. The zero-order valence-electron chi connectivity index (χ0n) is 17.2. The van der Waals surface area contributed by atoms with E-state index >= 15 is 0 Å². The van der Waals surface area contributed by atoms with Gasteiger partial charge < -0.3 is 10.2 Å². The summed E-state index contributed by atoms with van der Waals surface area (Å²) in [5, 5.41) is 3.02. The number of sulfonamides is 1. The summed E-state index contributed by atoms with van der Waals surface area (Å²) in [6.45, 7) is 3.27. The molecular formula is C23H29N3O3S. The Hall–Kier alpha value is -2.38. The second kappa shape index (κ2) is 9.18. The first-order chi connectivity index (χ1) is 14.6. The van der Waals surface area contributed by atoms with Gasteiger partial charge in [-0.1, -0.05) is 36.4 Å². The maximum absolute atomic E-state index is 12.9. The van der Waals surface area contributed by atoms with Crippen molar-refractivity contribution in [1.82, 2.24) is 9.62 Å². The van der Waals surface area contributed by atoms with Crippen molar-refractivity contribution in [2.75, 3.05) is 37.6 Å². The van der Waals surface area contributed by atoms with Crippen molar-refractivity contribution in [3.05, 3.63) is 60.2 Å². The molecule has 0 radical (unpaired) electrons. The van der Waals surface area contributed by atoms with Gasteiger partial charge in [0.15, 0.2) is 0 Å². The minimum Gasteiger partial charge on any atom is -0.371 e. The van der Waals surface area contributed by atoms with Crippen LogP contribution in [-0.2, 0) is 21.2 Å². The molecule has 0 bridgehead atoms. The van der Waals surface area contributed by atoms with Crippen molar-refractivity contribution < 1.29 is 13.2 Å². The molecule has 30 heavy (non-hydrogen) atoms. The van der Waals surface area contributed by atoms with Crippen molar-refractivity contribution in [3.63, 3.8) is 0 Å². The van der Waals surface area contributed by atoms with Crippen LogP contribution in [0.3, 0.4) is 0 Å². The highest BCUT2D eigenvalue weighted by atomic mass is 32.2. The first kappa shape index (κ1) is 20.9. The van der Waals surface area contributed by atoms with Crippen LogP contribution in [0.15, 0.2) is 59.5 Å². The maximum Gasteiger partial charge on any atom is 0.243 e. The molecule has 0 spiro atoms. The van der Waals surface area contributed by atoms with Crippen LogP contribution in [0, 0.1) is 5.92 Å². The highest BCUT2D eigenvalue weighted by Crippen LogP contribution is 2.27. The summed E-state index contributed by atoms with van der Waals surface area (Å²) in [6.07, 6.45) is 3.38. The van der Waals surface area contributed by atoms with Gasteiger partial charge in [-0.25, -0.2) is 8.42 Å². The smallest absolute Gasteiger partial charge is 0.243 e. The van der Waals surface area contributed by atoms with E-state index in [0.29, 0.717) is 19.5 Å². The summed E-state index contributed by atoms with van der Waals surface area (Å²) in [6, 6.07) is 16.9. The van der Waals surface area contributed by atoms with Gasteiger partial charge in [-0.2, -0.15) is 4.31 Å². The quantitative estimate of drug-likeness (QED) is 0.690. The average Bonchev–Trinajstić information content (AvgIpc) is 3.20. The summed E-state index contributed by atoms with van der Waals surface area (Å²) in [5.74, 6) is -0.325. The Labute approximate surface area is 178 Å². The van der Waals surface area contributed by atoms with Gasteiger partial charge in [0, 0.05) is 38.4 Å². The van der Waals surface area contributed by atoms with E-state index in [1.807, 2.05) is 0 Å². The highest BCUT2D eigenvalue weighted by molar-refractivity contribution is 7.89. The molecule has 2 heterocycles. The number of benzene rings is 2. The number of hydrogen-bond donors (Lipinski definition) is 1. The summed E-state index contributed by atoms with van der Waals surface area (Å²) in [7, 11) is -3.55. The van der Waals surface area contributed by atoms with E-state index in [4.69, 9.17) is 0 Å². The molecule has 1 N–H and O–H groups in total. The van der Waals surface area contributed by atoms with Crippen LogP contribution >= 0.6 is 0 Å². The van der Waals surface area contributed by atoms with E-state index in [0.717, 1.165) is 32.4 Å². The molecule has 6 nitrogen and oxygen atoms in total. The van der Waals surface area contributed by atoms with Crippen molar-refractivity contribution >= 4 is 21.6 Å². The standard InChI is InChI=1S/C23H29N3O3S/c27-23(24-14-7-15-25-17-13-19-8-4-5-12-22(19)25)20-9-6-16-26(18-20)30(28,29)21-10-2-1-3-11-21/h1-5,8,10-12,20H,6-7,9,13-18H2,(H,24,27)/t20-/m0/s1. The minimum atomic E-state index is -3.55. The molecule has 0 unspecified atom stereocenters. The van der Waals surface area contributed by atoms with E-state index in [9.17, 15) is 13.2 Å². The molecule has 0 aromatic heterocycles. The molecule has 7 heteroatoms. The van der Waals surface area contributed by atoms with Gasteiger partial charge in [0.2, 0.25) is 15.9 Å². The molecule has 1 amide bonds. The molecule has 0 saturated carbocycles. The molecular weight excluding hydrogens is 398 g/mol. The number of nitrogens with zero attached hydrogens (tertiary/aromatic N) is 2. The Morgan fingerprint density at radius 3 is 2.63 bits per heavy atom. The number of carbonyl (C=O) groups is 1. The van der Waals surface area contributed by atoms with Gasteiger partial charge in [0.05, 0.1) is 10.8 Å². The van der Waals surface area contributed by atoms with Gasteiger partial charge in [-0.05, 0) is 49.4 Å². The second-order valence-corrected chi connectivity index (χ2v) is 9.96. The zero-order chi connectivity index (χ0) is 21.0. The number of para-hydroxylation sites is 1. The number of carbonyl (C=O) groups excluding carboxylic acids is 1. The van der Waals surface area contributed by atoms with Crippen LogP contribution in [0.5, 0.6) is 0 Å². The van der Waals surface area contributed by atoms with Gasteiger partial charge in [0.25, 0.3) is 0 Å². The largest absolute Gasteiger partial charge is 0.371 e. The lowest BCUT2D eigenvalue weighted by molar-refractivity contribution is -0.126. The molecule has 1 atom stereocenters. The molecule has 1 saturated heterocycles. The predicted molar refractivity (Wildman–Crippen MR) is 118 cm³/mol. The van der Waals surface area contributed by atoms with E-state index in [2.05, 4.69) is 34.5 Å². The third-order valence-corrected chi connectivity index (χ3v) is 7.90. The molecule has 2 aromatic rings. The SMILES string of the molecule is O=C(NCCCN1CCc2ccccc21)[C@H]1CCCN(S(=O)(=O)c2ccccc2)C1. The molecule has 2 aliphatic rings. The summed E-state index contributed by atoms with van der Waals surface area (Å²) in [5.41, 5.74) is 2.70. The van der Waals surface area contributed by atoms with Crippen LogP contribution in [0.1, 0.15) is 24.8 Å². The number of rotatable bonds is 7. The molecule has 160 valence electrons. The lowest BCUT2D eigenvalue weighted by atomic mass is 9.99. The normalized spacial score (nSPS) is 19.5. The number of fused-ring (bicyclic) bond motifs is 1. The van der Waals surface area contributed by atoms with Crippen LogP contribution < -0.4 is 10.2 Å². The Morgan fingerprint density at radius 1 is 1.03 bits per heavy atom. The lowest BCUT2D eigenvalue weighted by Gasteiger charge is -2.31. The molecule has 0 aliphatic carbocycles. The fourth-order valence-corrected chi connectivity index (χ4v) is 5.93. The van der Waals surface area contributed by atoms with Gasteiger partial charge in [0.1, 0.15) is 0 Å². The fraction of sp³-hybridized carbons (Fsp3) is 0.435. The Morgan fingerprint density at radius 2 is 1.80 bits per heavy atom. The first-order valence-corrected chi connectivity index (χ1v) is 12.2. The number of hydrogen-bond acceptors (Lipinski definition) is 4. The topological polar surface area (TPSA) is 69.7 Å². The number of piperidine rings is 1. The van der Waals surface area contributed by atoms with Gasteiger partial charge in [-0.3, -0.25) is 4.79 Å². The lowest BCUT2D eigenvalue weighted by Crippen LogP contribution is -2.45. The van der Waals surface area contributed by atoms with Gasteiger partial charge >= 0.3 is 0 Å². The van der Waals surface area contributed by atoms with E-state index in [-0.39, 0.29) is 23.3 Å². The van der Waals surface area contributed by atoms with Crippen molar-refractivity contribution in [1.29, 1.82) is 0 Å². The summed E-state index contributed by atoms with van der Waals surface area (Å²) >= 11 is 0. The maximum atomic E-state index is 12.9. The van der Waals surface area contributed by atoms with Crippen molar-refractivity contribution in [2.24, 2.45) is 5.92 Å². The number of nitrogens with one attached hydrogen (secondary N) is 1. The molecule has 1 fully saturated rings. The monoisotopic (exact) mass is 427 g/mol. The number of anilines is 1. The first-order valence-electron chi connectivity index (χ1n) is 10.7. The Bertz CT molecular complexity index is 978. The Kier molecular flexibility index (Phi) is 6.39. The third kappa shape index (κ3) is 4.52. The minimum absolute atomic E-state index is 0.0372. The van der Waals surface area contributed by atoms with Crippen LogP contribution in [0.25, 0.3) is 0 Å². The molecule has 2 aliphatic heterocycles. The zero-order valence-corrected chi connectivity index (χ0v) is 18.0. The van der Waals surface area contributed by atoms with E-state index < -0.39 is 10.0 Å². The van der Waals surface area contributed by atoms with E-state index in [1.165, 1.54) is 15.6 Å². The van der Waals surface area contributed by atoms with E-state index in [1.54, 1.807) is 30.3 Å². The second-order valence-electron chi connectivity index (χ2n) is 8.03. The van der Waals surface area contributed by atoms with Gasteiger partial charge in [-0.15, -0.1) is 0 Å². The van der Waals surface area contributed by atoms with Crippen LogP contribution in [-0.4, -0.2) is 51.4 Å². The molecule has 4 rings (SSSR count). The predicted octanol–water partition coefficient (Wildman–Crippen LogP) is 2.66. The van der Waals surface area contributed by atoms with Crippen LogP contribution in [0.4, 0.5) is 5.69 Å². The molecule has 2 aromatic carbocycles.